The van der Waals surface area contributed by atoms with Crippen molar-refractivity contribution in [3.8, 4) is 0 Å². The minimum Gasteiger partial charge on any atom is -0.373 e. The molecule has 0 radical (unpaired) electrons. The van der Waals surface area contributed by atoms with Crippen molar-refractivity contribution in [1.29, 1.82) is 0 Å². The van der Waals surface area contributed by atoms with E-state index in [2.05, 4.69) is 0 Å². The highest BCUT2D eigenvalue weighted by atomic mass is 32.2. The van der Waals surface area contributed by atoms with Gasteiger partial charge in [0.1, 0.15) is 6.04 Å². The second-order valence-electron chi connectivity index (χ2n) is 9.71. The first-order valence-corrected chi connectivity index (χ1v) is 12.3. The van der Waals surface area contributed by atoms with Crippen LogP contribution in [0.4, 0.5) is 0 Å². The van der Waals surface area contributed by atoms with E-state index in [-0.39, 0.29) is 37.1 Å². The largest absolute Gasteiger partial charge is 0.373 e. The van der Waals surface area contributed by atoms with Gasteiger partial charge in [0.25, 0.3) is 10.2 Å². The SMILES string of the molecule is CC1CN(S(=O)(=O)N2CCN(C(=O)C3CCCN3C(=O)C(C)(C)C)CC2)CC(C)O1. The lowest BCUT2D eigenvalue weighted by molar-refractivity contribution is -0.148. The van der Waals surface area contributed by atoms with Crippen LogP contribution in [0.1, 0.15) is 47.5 Å². The molecule has 3 atom stereocenters. The summed E-state index contributed by atoms with van der Waals surface area (Å²) in [5.74, 6) is -0.0640. The van der Waals surface area contributed by atoms with Gasteiger partial charge in [0.15, 0.2) is 0 Å². The van der Waals surface area contributed by atoms with Gasteiger partial charge in [-0.2, -0.15) is 17.0 Å². The van der Waals surface area contributed by atoms with Gasteiger partial charge in [-0.05, 0) is 26.7 Å². The molecule has 3 fully saturated rings. The maximum absolute atomic E-state index is 13.1. The Bertz CT molecular complexity index is 748. The lowest BCUT2D eigenvalue weighted by Crippen LogP contribution is -2.59. The number of likely N-dealkylation sites (tertiary alicyclic amines) is 1. The molecule has 172 valence electrons. The van der Waals surface area contributed by atoms with E-state index >= 15 is 0 Å². The molecule has 30 heavy (non-hydrogen) atoms. The fourth-order valence-corrected chi connectivity index (χ4v) is 6.28. The van der Waals surface area contributed by atoms with E-state index in [4.69, 9.17) is 4.74 Å². The zero-order chi connectivity index (χ0) is 22.3. The molecule has 3 saturated heterocycles. The number of carbonyl (C=O) groups is 2. The minimum atomic E-state index is -3.58. The van der Waals surface area contributed by atoms with Crippen molar-refractivity contribution in [2.24, 2.45) is 5.41 Å². The number of ether oxygens (including phenoxy) is 1. The first kappa shape index (κ1) is 23.4. The van der Waals surface area contributed by atoms with Gasteiger partial charge in [-0.25, -0.2) is 0 Å². The second-order valence-corrected chi connectivity index (χ2v) is 11.6. The summed E-state index contributed by atoms with van der Waals surface area (Å²) in [7, 11) is -3.58. The summed E-state index contributed by atoms with van der Waals surface area (Å²) in [5.41, 5.74) is -0.526. The number of hydrogen-bond acceptors (Lipinski definition) is 5. The van der Waals surface area contributed by atoms with E-state index in [1.807, 2.05) is 34.6 Å². The summed E-state index contributed by atoms with van der Waals surface area (Å²) in [5, 5.41) is 0. The Hall–Kier alpha value is -1.23. The fourth-order valence-electron chi connectivity index (χ4n) is 4.53. The summed E-state index contributed by atoms with van der Waals surface area (Å²) in [6, 6.07) is -0.430. The van der Waals surface area contributed by atoms with E-state index in [0.29, 0.717) is 39.1 Å². The Morgan fingerprint density at radius 3 is 2.00 bits per heavy atom. The Balaban J connectivity index is 1.61. The van der Waals surface area contributed by atoms with Gasteiger partial charge in [-0.3, -0.25) is 9.59 Å². The van der Waals surface area contributed by atoms with E-state index in [9.17, 15) is 18.0 Å². The average Bonchev–Trinajstić information content (AvgIpc) is 3.15. The van der Waals surface area contributed by atoms with Crippen molar-refractivity contribution in [2.45, 2.75) is 65.7 Å². The van der Waals surface area contributed by atoms with Crippen LogP contribution in [-0.2, 0) is 24.5 Å². The van der Waals surface area contributed by atoms with Crippen LogP contribution in [0.2, 0.25) is 0 Å². The molecule has 3 heterocycles. The van der Waals surface area contributed by atoms with Crippen LogP contribution in [-0.4, -0.2) is 103 Å². The molecule has 10 heteroatoms. The molecule has 0 saturated carbocycles. The Labute approximate surface area is 180 Å². The van der Waals surface area contributed by atoms with Crippen LogP contribution in [0.25, 0.3) is 0 Å². The molecule has 3 unspecified atom stereocenters. The van der Waals surface area contributed by atoms with Crippen LogP contribution < -0.4 is 0 Å². The molecule has 0 bridgehead atoms. The molecule has 3 rings (SSSR count). The van der Waals surface area contributed by atoms with Gasteiger partial charge < -0.3 is 14.5 Å². The number of amides is 2. The summed E-state index contributed by atoms with van der Waals surface area (Å²) in [6.45, 7) is 11.9. The standard InChI is InChI=1S/C20H36N4O5S/c1-15-13-23(14-16(2)29-15)30(27,28)22-11-9-21(10-12-22)18(25)17-7-6-8-24(17)19(26)20(3,4)5/h15-17H,6-14H2,1-5H3. The zero-order valence-electron chi connectivity index (χ0n) is 18.8. The zero-order valence-corrected chi connectivity index (χ0v) is 19.7. The maximum Gasteiger partial charge on any atom is 0.282 e. The normalized spacial score (nSPS) is 30.0. The Morgan fingerprint density at radius 2 is 1.47 bits per heavy atom. The molecule has 2 amide bonds. The molecule has 0 spiro atoms. The van der Waals surface area contributed by atoms with Gasteiger partial charge in [-0.1, -0.05) is 20.8 Å². The van der Waals surface area contributed by atoms with Crippen molar-refractivity contribution in [3.05, 3.63) is 0 Å². The molecule has 0 aromatic carbocycles. The Morgan fingerprint density at radius 1 is 0.900 bits per heavy atom. The summed E-state index contributed by atoms with van der Waals surface area (Å²) < 4.78 is 34.7. The summed E-state index contributed by atoms with van der Waals surface area (Å²) in [4.78, 5) is 29.3. The first-order chi connectivity index (χ1) is 13.9. The van der Waals surface area contributed by atoms with E-state index in [1.165, 1.54) is 8.61 Å². The predicted molar refractivity (Wildman–Crippen MR) is 113 cm³/mol. The third-order valence-electron chi connectivity index (χ3n) is 6.03. The molecule has 0 N–H and O–H groups in total. The molecule has 0 aromatic heterocycles. The quantitative estimate of drug-likeness (QED) is 0.633. The van der Waals surface area contributed by atoms with Crippen molar-refractivity contribution in [2.75, 3.05) is 45.8 Å². The number of rotatable bonds is 3. The third-order valence-corrected chi connectivity index (χ3v) is 8.00. The van der Waals surface area contributed by atoms with E-state index in [0.717, 1.165) is 6.42 Å². The summed E-state index contributed by atoms with van der Waals surface area (Å²) >= 11 is 0. The molecule has 3 aliphatic rings. The van der Waals surface area contributed by atoms with E-state index < -0.39 is 21.7 Å². The van der Waals surface area contributed by atoms with E-state index in [1.54, 1.807) is 9.80 Å². The Kier molecular flexibility index (Phi) is 6.81. The topological polar surface area (TPSA) is 90.5 Å². The van der Waals surface area contributed by atoms with Crippen molar-refractivity contribution >= 4 is 22.0 Å². The fraction of sp³-hybridized carbons (Fsp3) is 0.900. The lowest BCUT2D eigenvalue weighted by Gasteiger charge is -2.41. The van der Waals surface area contributed by atoms with Crippen molar-refractivity contribution in [1.82, 2.24) is 18.4 Å². The molecular weight excluding hydrogens is 408 g/mol. The number of nitrogens with zero attached hydrogens (tertiary/aromatic N) is 4. The van der Waals surface area contributed by atoms with Gasteiger partial charge in [0.05, 0.1) is 12.2 Å². The highest BCUT2D eigenvalue weighted by Gasteiger charge is 2.42. The van der Waals surface area contributed by atoms with Gasteiger partial charge >= 0.3 is 0 Å². The highest BCUT2D eigenvalue weighted by molar-refractivity contribution is 7.86. The number of hydrogen-bond donors (Lipinski definition) is 0. The monoisotopic (exact) mass is 444 g/mol. The van der Waals surface area contributed by atoms with Crippen LogP contribution >= 0.6 is 0 Å². The molecule has 0 aliphatic carbocycles. The predicted octanol–water partition coefficient (Wildman–Crippen LogP) is 0.522. The van der Waals surface area contributed by atoms with Crippen LogP contribution in [0.3, 0.4) is 0 Å². The number of carbonyl (C=O) groups excluding carboxylic acids is 2. The smallest absolute Gasteiger partial charge is 0.282 e. The van der Waals surface area contributed by atoms with Crippen molar-refractivity contribution < 1.29 is 22.7 Å². The lowest BCUT2D eigenvalue weighted by atomic mass is 9.94. The molecule has 9 nitrogen and oxygen atoms in total. The number of piperazine rings is 1. The van der Waals surface area contributed by atoms with Gasteiger partial charge in [0.2, 0.25) is 11.8 Å². The van der Waals surface area contributed by atoms with Gasteiger partial charge in [-0.15, -0.1) is 0 Å². The van der Waals surface area contributed by atoms with Gasteiger partial charge in [0, 0.05) is 51.2 Å². The average molecular weight is 445 g/mol. The maximum atomic E-state index is 13.1. The molecule has 3 aliphatic heterocycles. The third kappa shape index (κ3) is 4.81. The minimum absolute atomic E-state index is 0.00452. The van der Waals surface area contributed by atoms with Crippen LogP contribution in [0.15, 0.2) is 0 Å². The highest BCUT2D eigenvalue weighted by Crippen LogP contribution is 2.27. The second kappa shape index (κ2) is 8.72. The number of morpholine rings is 1. The van der Waals surface area contributed by atoms with Crippen molar-refractivity contribution in [3.63, 3.8) is 0 Å². The summed E-state index contributed by atoms with van der Waals surface area (Å²) in [6.07, 6.45) is 1.21. The first-order valence-electron chi connectivity index (χ1n) is 10.9. The van der Waals surface area contributed by atoms with Crippen LogP contribution in [0, 0.1) is 5.41 Å². The van der Waals surface area contributed by atoms with Crippen LogP contribution in [0.5, 0.6) is 0 Å². The molecule has 0 aromatic rings. The molecular formula is C20H36N4O5S.